The van der Waals surface area contributed by atoms with Gasteiger partial charge in [-0.15, -0.1) is 0 Å². The lowest BCUT2D eigenvalue weighted by Crippen LogP contribution is -1.98. The molecule has 5 nitrogen and oxygen atoms in total. The summed E-state index contributed by atoms with van der Waals surface area (Å²) < 4.78 is 1.49. The number of hydrogen-bond donors (Lipinski definition) is 1. The molecule has 0 saturated carbocycles. The van der Waals surface area contributed by atoms with E-state index in [1.54, 1.807) is 6.07 Å². The van der Waals surface area contributed by atoms with Crippen molar-refractivity contribution in [2.24, 2.45) is 0 Å². The largest absolute Gasteiger partial charge is 0.478 e. The van der Waals surface area contributed by atoms with Crippen LogP contribution in [0.25, 0.3) is 16.6 Å². The van der Waals surface area contributed by atoms with Crippen LogP contribution in [0.5, 0.6) is 0 Å². The summed E-state index contributed by atoms with van der Waals surface area (Å²) in [7, 11) is 0. The maximum Gasteiger partial charge on any atom is 0.339 e. The Labute approximate surface area is 100 Å². The van der Waals surface area contributed by atoms with E-state index in [0.29, 0.717) is 11.0 Å². The molecule has 0 unspecified atom stereocenters. The summed E-state index contributed by atoms with van der Waals surface area (Å²) in [4.78, 5) is 15.2. The van der Waals surface area contributed by atoms with Crippen LogP contribution in [-0.4, -0.2) is 25.7 Å². The van der Waals surface area contributed by atoms with Gasteiger partial charge in [0.15, 0.2) is 5.15 Å². The molecule has 0 fully saturated rings. The van der Waals surface area contributed by atoms with Gasteiger partial charge in [0.05, 0.1) is 17.2 Å². The first-order chi connectivity index (χ1) is 8.18. The summed E-state index contributed by atoms with van der Waals surface area (Å²) in [6, 6.07) is 7.27. The average molecular weight is 248 g/mol. The lowest BCUT2D eigenvalue weighted by Gasteiger charge is -2.02. The monoisotopic (exact) mass is 247 g/mol. The average Bonchev–Trinajstić information content (AvgIpc) is 2.74. The zero-order chi connectivity index (χ0) is 12.0. The molecule has 0 saturated heterocycles. The summed E-state index contributed by atoms with van der Waals surface area (Å²) in [5.41, 5.74) is 1.76. The number of benzene rings is 1. The van der Waals surface area contributed by atoms with Gasteiger partial charge in [0.1, 0.15) is 11.1 Å². The zero-order valence-electron chi connectivity index (χ0n) is 8.46. The van der Waals surface area contributed by atoms with E-state index in [4.69, 9.17) is 16.7 Å². The van der Waals surface area contributed by atoms with Gasteiger partial charge in [-0.2, -0.15) is 5.10 Å². The minimum absolute atomic E-state index is 0.0493. The number of rotatable bonds is 1. The summed E-state index contributed by atoms with van der Waals surface area (Å²) in [5, 5.41) is 13.2. The Kier molecular flexibility index (Phi) is 2.02. The number of fused-ring (bicyclic) bond motifs is 3. The third kappa shape index (κ3) is 1.36. The van der Waals surface area contributed by atoms with Gasteiger partial charge in [0.25, 0.3) is 0 Å². The SMILES string of the molecule is O=C(O)c1cnn2c1c(Cl)nc1ccccc12. The van der Waals surface area contributed by atoms with Crippen LogP contribution in [0.1, 0.15) is 10.4 Å². The Bertz CT molecular complexity index is 751. The van der Waals surface area contributed by atoms with Gasteiger partial charge >= 0.3 is 5.97 Å². The number of para-hydroxylation sites is 2. The molecule has 0 bridgehead atoms. The molecule has 0 radical (unpaired) electrons. The van der Waals surface area contributed by atoms with Crippen molar-refractivity contribution in [1.29, 1.82) is 0 Å². The molecule has 3 aromatic rings. The predicted molar refractivity (Wildman–Crippen MR) is 62.5 cm³/mol. The van der Waals surface area contributed by atoms with Gasteiger partial charge in [-0.3, -0.25) is 0 Å². The van der Waals surface area contributed by atoms with Crippen molar-refractivity contribution in [2.45, 2.75) is 0 Å². The smallest absolute Gasteiger partial charge is 0.339 e. The number of aromatic nitrogens is 3. The van der Waals surface area contributed by atoms with Gasteiger partial charge < -0.3 is 5.11 Å². The van der Waals surface area contributed by atoms with Gasteiger partial charge in [0, 0.05) is 0 Å². The van der Waals surface area contributed by atoms with Crippen molar-refractivity contribution in [3.8, 4) is 0 Å². The molecular weight excluding hydrogens is 242 g/mol. The maximum absolute atomic E-state index is 11.0. The molecule has 0 spiro atoms. The molecule has 0 aliphatic heterocycles. The summed E-state index contributed by atoms with van der Waals surface area (Å²) in [5.74, 6) is -1.07. The van der Waals surface area contributed by atoms with Crippen LogP contribution in [0, 0.1) is 0 Å². The predicted octanol–water partition coefficient (Wildman–Crippen LogP) is 2.23. The van der Waals surface area contributed by atoms with Crippen molar-refractivity contribution < 1.29 is 9.90 Å². The fourth-order valence-corrected chi connectivity index (χ4v) is 2.06. The standard InChI is InChI=1S/C11H6ClN3O2/c12-10-9-6(11(16)17)5-13-15(9)8-4-2-1-3-7(8)14-10/h1-5H,(H,16,17). The molecule has 0 amide bonds. The zero-order valence-corrected chi connectivity index (χ0v) is 9.22. The first-order valence-electron chi connectivity index (χ1n) is 4.84. The van der Waals surface area contributed by atoms with Gasteiger partial charge in [-0.1, -0.05) is 23.7 Å². The van der Waals surface area contributed by atoms with E-state index in [9.17, 15) is 4.79 Å². The normalized spacial score (nSPS) is 11.1. The van der Waals surface area contributed by atoms with Crippen LogP contribution in [-0.2, 0) is 0 Å². The minimum Gasteiger partial charge on any atom is -0.478 e. The van der Waals surface area contributed by atoms with E-state index >= 15 is 0 Å². The molecule has 2 heterocycles. The number of halogens is 1. The Balaban J connectivity index is 2.56. The molecule has 0 aliphatic carbocycles. The van der Waals surface area contributed by atoms with Crippen molar-refractivity contribution in [3.63, 3.8) is 0 Å². The molecule has 1 N–H and O–H groups in total. The highest BCUT2D eigenvalue weighted by Crippen LogP contribution is 2.24. The third-order valence-corrected chi connectivity index (χ3v) is 2.79. The molecule has 17 heavy (non-hydrogen) atoms. The highest BCUT2D eigenvalue weighted by molar-refractivity contribution is 6.34. The van der Waals surface area contributed by atoms with Gasteiger partial charge in [0.2, 0.25) is 0 Å². The quantitative estimate of drug-likeness (QED) is 0.716. The number of carbonyl (C=O) groups is 1. The Morgan fingerprint density at radius 3 is 2.88 bits per heavy atom. The van der Waals surface area contributed by atoms with Crippen molar-refractivity contribution >= 4 is 34.1 Å². The van der Waals surface area contributed by atoms with Crippen LogP contribution in [0.2, 0.25) is 5.15 Å². The van der Waals surface area contributed by atoms with Crippen LogP contribution >= 0.6 is 11.6 Å². The molecular formula is C11H6ClN3O2. The van der Waals surface area contributed by atoms with E-state index in [0.717, 1.165) is 5.52 Å². The molecule has 3 rings (SSSR count). The number of aromatic carboxylic acids is 1. The minimum atomic E-state index is -1.07. The highest BCUT2D eigenvalue weighted by Gasteiger charge is 2.16. The Morgan fingerprint density at radius 2 is 2.12 bits per heavy atom. The van der Waals surface area contributed by atoms with Crippen LogP contribution in [0.15, 0.2) is 30.5 Å². The summed E-state index contributed by atoms with van der Waals surface area (Å²) in [6.45, 7) is 0. The Hall–Kier alpha value is -2.14. The maximum atomic E-state index is 11.0. The van der Waals surface area contributed by atoms with E-state index in [1.807, 2.05) is 18.2 Å². The van der Waals surface area contributed by atoms with Crippen LogP contribution in [0.4, 0.5) is 0 Å². The molecule has 0 aliphatic rings. The van der Waals surface area contributed by atoms with Crippen molar-refractivity contribution in [2.75, 3.05) is 0 Å². The fourth-order valence-electron chi connectivity index (χ4n) is 1.78. The molecule has 6 heteroatoms. The van der Waals surface area contributed by atoms with E-state index in [1.165, 1.54) is 10.7 Å². The lowest BCUT2D eigenvalue weighted by atomic mass is 10.2. The number of hydrogen-bond acceptors (Lipinski definition) is 3. The van der Waals surface area contributed by atoms with Crippen LogP contribution in [0.3, 0.4) is 0 Å². The van der Waals surface area contributed by atoms with E-state index in [2.05, 4.69) is 10.1 Å². The van der Waals surface area contributed by atoms with Crippen LogP contribution < -0.4 is 0 Å². The van der Waals surface area contributed by atoms with Crippen molar-refractivity contribution in [3.05, 3.63) is 41.2 Å². The second-order valence-electron chi connectivity index (χ2n) is 3.52. The Morgan fingerprint density at radius 1 is 1.35 bits per heavy atom. The van der Waals surface area contributed by atoms with Crippen molar-refractivity contribution in [1.82, 2.24) is 14.6 Å². The molecule has 84 valence electrons. The van der Waals surface area contributed by atoms with Gasteiger partial charge in [-0.05, 0) is 12.1 Å². The topological polar surface area (TPSA) is 67.5 Å². The molecule has 0 atom stereocenters. The fraction of sp³-hybridized carbons (Fsp3) is 0. The highest BCUT2D eigenvalue weighted by atomic mass is 35.5. The second-order valence-corrected chi connectivity index (χ2v) is 3.87. The molecule has 1 aromatic carbocycles. The summed E-state index contributed by atoms with van der Waals surface area (Å²) in [6.07, 6.45) is 1.28. The van der Waals surface area contributed by atoms with E-state index in [-0.39, 0.29) is 10.7 Å². The number of carboxylic acids is 1. The lowest BCUT2D eigenvalue weighted by molar-refractivity contribution is 0.0699. The third-order valence-electron chi connectivity index (χ3n) is 2.52. The first kappa shape index (κ1) is 10.0. The van der Waals surface area contributed by atoms with E-state index < -0.39 is 5.97 Å². The summed E-state index contributed by atoms with van der Waals surface area (Å²) >= 11 is 5.99. The first-order valence-corrected chi connectivity index (χ1v) is 5.21. The number of carboxylic acid groups (broad SMARTS) is 1. The second kappa shape index (κ2) is 3.43. The van der Waals surface area contributed by atoms with Gasteiger partial charge in [-0.25, -0.2) is 14.3 Å². The number of nitrogens with zero attached hydrogens (tertiary/aromatic N) is 3. The molecule has 2 aromatic heterocycles.